The number of nitrogens with one attached hydrogen (secondary N) is 3. The van der Waals surface area contributed by atoms with Crippen molar-refractivity contribution < 1.29 is 8.42 Å². The maximum absolute atomic E-state index is 12.1. The maximum Gasteiger partial charge on any atom is 0.278 e. The molecule has 0 aliphatic carbocycles. The first-order valence-corrected chi connectivity index (χ1v) is 8.70. The van der Waals surface area contributed by atoms with Crippen LogP contribution in [0.1, 0.15) is 5.69 Å². The zero-order valence-electron chi connectivity index (χ0n) is 11.6. The van der Waals surface area contributed by atoms with Crippen molar-refractivity contribution in [2.75, 3.05) is 10.0 Å². The summed E-state index contributed by atoms with van der Waals surface area (Å²) in [6.07, 6.45) is 2.57. The van der Waals surface area contributed by atoms with Crippen molar-refractivity contribution in [3.8, 4) is 0 Å². The fourth-order valence-corrected chi connectivity index (χ4v) is 3.46. The third-order valence-electron chi connectivity index (χ3n) is 2.75. The number of aromatic amines is 1. The number of benzene rings is 1. The Bertz CT molecular complexity index is 871. The van der Waals surface area contributed by atoms with Gasteiger partial charge in [-0.15, -0.1) is 11.3 Å². The standard InChI is InChI=1S/C13H13N5O2S2/c1-9-7-21-13(16-9)17-10-3-2-4-11(5-10)18-22(19,20)12-6-14-8-15-12/h2-8,18H,1H3,(H,14,15)(H,16,17). The van der Waals surface area contributed by atoms with E-state index in [2.05, 4.69) is 25.0 Å². The van der Waals surface area contributed by atoms with Crippen LogP contribution in [0.2, 0.25) is 0 Å². The summed E-state index contributed by atoms with van der Waals surface area (Å²) < 4.78 is 26.7. The van der Waals surface area contributed by atoms with Gasteiger partial charge in [0.05, 0.1) is 23.9 Å². The van der Waals surface area contributed by atoms with Gasteiger partial charge in [0.25, 0.3) is 10.0 Å². The minimum Gasteiger partial charge on any atom is -0.334 e. The Morgan fingerprint density at radius 3 is 2.77 bits per heavy atom. The molecule has 2 heterocycles. The molecule has 0 aliphatic rings. The number of thiazole rings is 1. The van der Waals surface area contributed by atoms with E-state index in [-0.39, 0.29) is 5.03 Å². The van der Waals surface area contributed by atoms with Crippen molar-refractivity contribution in [2.45, 2.75) is 11.9 Å². The van der Waals surface area contributed by atoms with Gasteiger partial charge in [0, 0.05) is 11.1 Å². The molecular weight excluding hydrogens is 322 g/mol. The highest BCUT2D eigenvalue weighted by Gasteiger charge is 2.15. The number of sulfonamides is 1. The fraction of sp³-hybridized carbons (Fsp3) is 0.0769. The smallest absolute Gasteiger partial charge is 0.278 e. The highest BCUT2D eigenvalue weighted by Crippen LogP contribution is 2.23. The lowest BCUT2D eigenvalue weighted by Gasteiger charge is -2.08. The van der Waals surface area contributed by atoms with Crippen molar-refractivity contribution in [1.29, 1.82) is 0 Å². The zero-order chi connectivity index (χ0) is 15.6. The molecule has 0 saturated heterocycles. The second-order valence-corrected chi connectivity index (χ2v) is 7.03. The van der Waals surface area contributed by atoms with E-state index in [9.17, 15) is 8.42 Å². The fourth-order valence-electron chi connectivity index (χ4n) is 1.80. The lowest BCUT2D eigenvalue weighted by molar-refractivity contribution is 0.598. The van der Waals surface area contributed by atoms with E-state index >= 15 is 0 Å². The number of hydrogen-bond donors (Lipinski definition) is 3. The molecule has 0 radical (unpaired) electrons. The topological polar surface area (TPSA) is 99.8 Å². The SMILES string of the molecule is Cc1csc(Nc2cccc(NS(=O)(=O)c3cnc[nH]3)c2)n1. The second-order valence-electron chi connectivity index (χ2n) is 4.52. The Hall–Kier alpha value is -2.39. The second kappa shape index (κ2) is 5.78. The van der Waals surface area contributed by atoms with Crippen LogP contribution in [-0.2, 0) is 10.0 Å². The Morgan fingerprint density at radius 1 is 1.27 bits per heavy atom. The molecule has 7 nitrogen and oxygen atoms in total. The molecule has 3 N–H and O–H groups in total. The van der Waals surface area contributed by atoms with Gasteiger partial charge in [0.1, 0.15) is 0 Å². The Labute approximate surface area is 131 Å². The number of aryl methyl sites for hydroxylation is 1. The van der Waals surface area contributed by atoms with Crippen LogP contribution < -0.4 is 10.0 Å². The van der Waals surface area contributed by atoms with Crippen LogP contribution in [-0.4, -0.2) is 23.4 Å². The average molecular weight is 335 g/mol. The van der Waals surface area contributed by atoms with Crippen LogP contribution in [0.5, 0.6) is 0 Å². The van der Waals surface area contributed by atoms with E-state index in [1.165, 1.54) is 23.9 Å². The van der Waals surface area contributed by atoms with Gasteiger partial charge in [-0.2, -0.15) is 8.42 Å². The van der Waals surface area contributed by atoms with E-state index in [1.807, 2.05) is 18.4 Å². The molecule has 0 amide bonds. The van der Waals surface area contributed by atoms with Crippen molar-refractivity contribution in [3.05, 3.63) is 47.9 Å². The Kier molecular flexibility index (Phi) is 3.82. The molecule has 0 atom stereocenters. The van der Waals surface area contributed by atoms with E-state index in [0.717, 1.165) is 16.5 Å². The Balaban J connectivity index is 1.79. The first-order valence-electron chi connectivity index (χ1n) is 6.33. The molecule has 22 heavy (non-hydrogen) atoms. The number of aromatic nitrogens is 3. The number of nitrogens with zero attached hydrogens (tertiary/aromatic N) is 2. The Morgan fingerprint density at radius 2 is 2.09 bits per heavy atom. The molecule has 0 bridgehead atoms. The molecule has 0 spiro atoms. The number of imidazole rings is 1. The van der Waals surface area contributed by atoms with Gasteiger partial charge in [-0.05, 0) is 25.1 Å². The first kappa shape index (κ1) is 14.5. The number of H-pyrrole nitrogens is 1. The molecular formula is C13H13N5O2S2. The molecule has 114 valence electrons. The molecule has 3 rings (SSSR count). The molecule has 0 saturated carbocycles. The minimum absolute atomic E-state index is 0.0152. The third kappa shape index (κ3) is 3.26. The van der Waals surface area contributed by atoms with Crippen molar-refractivity contribution in [2.24, 2.45) is 0 Å². The summed E-state index contributed by atoms with van der Waals surface area (Å²) in [5.74, 6) is 0. The van der Waals surface area contributed by atoms with Crippen molar-refractivity contribution in [3.63, 3.8) is 0 Å². The third-order valence-corrected chi connectivity index (χ3v) is 4.93. The summed E-state index contributed by atoms with van der Waals surface area (Å²) in [6, 6.07) is 6.97. The predicted octanol–water partition coefficient (Wildman–Crippen LogP) is 2.72. The van der Waals surface area contributed by atoms with Crippen LogP contribution in [0.25, 0.3) is 0 Å². The molecule has 0 unspecified atom stereocenters. The van der Waals surface area contributed by atoms with Crippen LogP contribution in [0.3, 0.4) is 0 Å². The zero-order valence-corrected chi connectivity index (χ0v) is 13.2. The summed E-state index contributed by atoms with van der Waals surface area (Å²) in [4.78, 5) is 10.6. The molecule has 1 aromatic carbocycles. The van der Waals surface area contributed by atoms with Gasteiger partial charge in [-0.1, -0.05) is 6.07 Å². The number of anilines is 3. The number of hydrogen-bond acceptors (Lipinski definition) is 6. The molecule has 0 fully saturated rings. The van der Waals surface area contributed by atoms with Gasteiger partial charge in [-0.25, -0.2) is 9.97 Å². The van der Waals surface area contributed by atoms with Crippen molar-refractivity contribution >= 4 is 37.9 Å². The largest absolute Gasteiger partial charge is 0.334 e. The van der Waals surface area contributed by atoms with Gasteiger partial charge in [0.15, 0.2) is 10.2 Å². The monoisotopic (exact) mass is 335 g/mol. The predicted molar refractivity (Wildman–Crippen MR) is 86.0 cm³/mol. The lowest BCUT2D eigenvalue weighted by atomic mass is 10.3. The van der Waals surface area contributed by atoms with E-state index in [4.69, 9.17) is 0 Å². The summed E-state index contributed by atoms with van der Waals surface area (Å²) in [5.41, 5.74) is 2.13. The molecule has 3 aromatic rings. The molecule has 2 aromatic heterocycles. The van der Waals surface area contributed by atoms with Crippen LogP contribution in [0.4, 0.5) is 16.5 Å². The van der Waals surface area contributed by atoms with Crippen LogP contribution in [0, 0.1) is 6.92 Å². The first-order chi connectivity index (χ1) is 10.5. The van der Waals surface area contributed by atoms with E-state index in [1.54, 1.807) is 18.2 Å². The van der Waals surface area contributed by atoms with Gasteiger partial charge in [0.2, 0.25) is 0 Å². The minimum atomic E-state index is -3.66. The quantitative estimate of drug-likeness (QED) is 0.666. The van der Waals surface area contributed by atoms with Gasteiger partial charge < -0.3 is 10.3 Å². The van der Waals surface area contributed by atoms with E-state index < -0.39 is 10.0 Å². The average Bonchev–Trinajstić information content (AvgIpc) is 3.11. The van der Waals surface area contributed by atoms with Gasteiger partial charge >= 0.3 is 0 Å². The lowest BCUT2D eigenvalue weighted by Crippen LogP contribution is -2.13. The van der Waals surface area contributed by atoms with Crippen LogP contribution in [0.15, 0.2) is 47.2 Å². The summed E-state index contributed by atoms with van der Waals surface area (Å²) in [6.45, 7) is 1.91. The summed E-state index contributed by atoms with van der Waals surface area (Å²) >= 11 is 1.49. The highest BCUT2D eigenvalue weighted by molar-refractivity contribution is 7.92. The molecule has 0 aliphatic heterocycles. The maximum atomic E-state index is 12.1. The van der Waals surface area contributed by atoms with Gasteiger partial charge in [-0.3, -0.25) is 4.72 Å². The van der Waals surface area contributed by atoms with Crippen LogP contribution >= 0.6 is 11.3 Å². The molecule has 9 heteroatoms. The highest BCUT2D eigenvalue weighted by atomic mass is 32.2. The van der Waals surface area contributed by atoms with E-state index in [0.29, 0.717) is 5.69 Å². The summed E-state index contributed by atoms with van der Waals surface area (Å²) in [5, 5.41) is 5.85. The normalized spacial score (nSPS) is 11.3. The summed E-state index contributed by atoms with van der Waals surface area (Å²) in [7, 11) is -3.66. The van der Waals surface area contributed by atoms with Crippen molar-refractivity contribution in [1.82, 2.24) is 15.0 Å². The number of rotatable bonds is 5.